The number of fused-ring (bicyclic) bond motifs is 5. The molecule has 4 atom stereocenters. The molecule has 1 saturated carbocycles. The van der Waals surface area contributed by atoms with E-state index in [2.05, 4.69) is 0 Å². The van der Waals surface area contributed by atoms with Gasteiger partial charge in [0.2, 0.25) is 0 Å². The predicted molar refractivity (Wildman–Crippen MR) is 149 cm³/mol. The van der Waals surface area contributed by atoms with Gasteiger partial charge in [-0.25, -0.2) is 9.80 Å². The fourth-order valence-electron chi connectivity index (χ4n) is 5.84. The van der Waals surface area contributed by atoms with Crippen molar-refractivity contribution in [3.05, 3.63) is 112 Å². The molecule has 10 heteroatoms. The summed E-state index contributed by atoms with van der Waals surface area (Å²) in [7, 11) is 0. The van der Waals surface area contributed by atoms with Crippen LogP contribution in [0.5, 0.6) is 5.75 Å². The van der Waals surface area contributed by atoms with Crippen LogP contribution in [0.2, 0.25) is 10.0 Å². The molecule has 8 nitrogen and oxygen atoms in total. The highest BCUT2D eigenvalue weighted by atomic mass is 35.5. The summed E-state index contributed by atoms with van der Waals surface area (Å²) in [5, 5.41) is 2.02. The van der Waals surface area contributed by atoms with Crippen molar-refractivity contribution in [2.24, 2.45) is 23.7 Å². The van der Waals surface area contributed by atoms with Crippen LogP contribution in [0, 0.1) is 23.7 Å². The molecule has 1 aliphatic heterocycles. The Balaban J connectivity index is 1.26. The monoisotopic (exact) mass is 588 g/mol. The number of allylic oxidation sites excluding steroid dienone is 2. The van der Waals surface area contributed by atoms with Crippen LogP contribution in [0.1, 0.15) is 37.5 Å². The minimum atomic E-state index is -0.782. The third kappa shape index (κ3) is 4.83. The zero-order valence-electron chi connectivity index (χ0n) is 21.4. The van der Waals surface area contributed by atoms with Crippen molar-refractivity contribution in [3.63, 3.8) is 0 Å². The lowest BCUT2D eigenvalue weighted by molar-refractivity contribution is -0.154. The van der Waals surface area contributed by atoms with Gasteiger partial charge in [-0.1, -0.05) is 53.6 Å². The SMILES string of the molecule is O=C(CN(C(=O)c1ccc(Cl)cc1Cl)N1C(=O)[C@H]2[C@H](C1=O)[C@H]1C=C[C@H]2C1)c1ccc(OC(=O)c2ccccc2)cc1. The Kier molecular flexibility index (Phi) is 6.97. The van der Waals surface area contributed by atoms with Crippen molar-refractivity contribution in [1.82, 2.24) is 10.0 Å². The highest BCUT2D eigenvalue weighted by molar-refractivity contribution is 6.36. The van der Waals surface area contributed by atoms with Gasteiger partial charge in [0.25, 0.3) is 17.7 Å². The normalized spacial score (nSPS) is 22.1. The number of benzene rings is 3. The molecule has 0 unspecified atom stereocenters. The third-order valence-corrected chi connectivity index (χ3v) is 8.32. The lowest BCUT2D eigenvalue weighted by atomic mass is 9.85. The number of hydrazine groups is 1. The summed E-state index contributed by atoms with van der Waals surface area (Å²) in [6, 6.07) is 18.5. The van der Waals surface area contributed by atoms with E-state index in [1.807, 2.05) is 12.2 Å². The summed E-state index contributed by atoms with van der Waals surface area (Å²) < 4.78 is 5.37. The molecule has 6 rings (SSSR count). The van der Waals surface area contributed by atoms with Gasteiger partial charge < -0.3 is 4.74 Å². The number of esters is 1. The number of nitrogens with zero attached hydrogens (tertiary/aromatic N) is 2. The molecule has 3 amide bonds. The molecule has 2 fully saturated rings. The number of carbonyl (C=O) groups is 5. The van der Waals surface area contributed by atoms with E-state index in [0.29, 0.717) is 10.6 Å². The lowest BCUT2D eigenvalue weighted by Crippen LogP contribution is -2.52. The molecule has 0 aromatic heterocycles. The number of imide groups is 1. The number of halogens is 2. The second kappa shape index (κ2) is 10.6. The molecule has 41 heavy (non-hydrogen) atoms. The van der Waals surface area contributed by atoms with Gasteiger partial charge in [0, 0.05) is 10.6 Å². The Labute approximate surface area is 245 Å². The van der Waals surface area contributed by atoms with Crippen molar-refractivity contribution in [2.45, 2.75) is 6.42 Å². The summed E-state index contributed by atoms with van der Waals surface area (Å²) in [6.07, 6.45) is 4.61. The molecular formula is C31H22Cl2N2O6. The molecule has 0 spiro atoms. The van der Waals surface area contributed by atoms with E-state index in [4.69, 9.17) is 27.9 Å². The van der Waals surface area contributed by atoms with Crippen LogP contribution in [0.15, 0.2) is 84.9 Å². The Morgan fingerprint density at radius 1 is 0.829 bits per heavy atom. The van der Waals surface area contributed by atoms with E-state index in [0.717, 1.165) is 16.4 Å². The number of hydrogen-bond donors (Lipinski definition) is 0. The smallest absolute Gasteiger partial charge is 0.343 e. The summed E-state index contributed by atoms with van der Waals surface area (Å²) >= 11 is 12.3. The maximum atomic E-state index is 13.8. The third-order valence-electron chi connectivity index (χ3n) is 7.77. The molecular weight excluding hydrogens is 567 g/mol. The van der Waals surface area contributed by atoms with Crippen LogP contribution in [-0.4, -0.2) is 46.0 Å². The molecule has 3 aromatic rings. The largest absolute Gasteiger partial charge is 0.423 e. The number of Topliss-reactive ketones (excluding diaryl/α,β-unsaturated/α-hetero) is 1. The van der Waals surface area contributed by atoms with Gasteiger partial charge in [-0.15, -0.1) is 0 Å². The van der Waals surface area contributed by atoms with Crippen molar-refractivity contribution < 1.29 is 28.7 Å². The summed E-state index contributed by atoms with van der Waals surface area (Å²) in [5.74, 6) is -3.97. The standard InChI is InChI=1S/C31H22Cl2N2O6/c32-21-10-13-23(24(33)15-21)28(37)34(35-29(38)26-19-6-7-20(14-19)27(26)30(35)39)16-25(36)17-8-11-22(12-9-17)41-31(40)18-4-2-1-3-5-18/h1-13,15,19-20,26-27H,14,16H2/t19-,20-,26+,27+/m0/s1. The van der Waals surface area contributed by atoms with Crippen LogP contribution in [0.3, 0.4) is 0 Å². The molecule has 2 bridgehead atoms. The van der Waals surface area contributed by atoms with Crippen molar-refractivity contribution in [2.75, 3.05) is 6.54 Å². The Morgan fingerprint density at radius 2 is 1.46 bits per heavy atom. The van der Waals surface area contributed by atoms with E-state index < -0.39 is 47.9 Å². The molecule has 0 N–H and O–H groups in total. The van der Waals surface area contributed by atoms with Gasteiger partial charge in [0.15, 0.2) is 5.78 Å². The van der Waals surface area contributed by atoms with E-state index >= 15 is 0 Å². The Hall–Kier alpha value is -4.27. The van der Waals surface area contributed by atoms with Gasteiger partial charge in [0.05, 0.1) is 28.0 Å². The fourth-order valence-corrected chi connectivity index (χ4v) is 6.33. The number of carbonyl (C=O) groups excluding carboxylic acids is 5. The van der Waals surface area contributed by atoms with Gasteiger partial charge in [-0.2, -0.15) is 5.01 Å². The zero-order chi connectivity index (χ0) is 28.8. The highest BCUT2D eigenvalue weighted by Crippen LogP contribution is 2.52. The van der Waals surface area contributed by atoms with Crippen molar-refractivity contribution in [1.29, 1.82) is 0 Å². The van der Waals surface area contributed by atoms with Gasteiger partial charge in [-0.3, -0.25) is 19.2 Å². The molecule has 3 aliphatic rings. The Morgan fingerprint density at radius 3 is 2.07 bits per heavy atom. The average Bonchev–Trinajstić information content (AvgIpc) is 3.66. The van der Waals surface area contributed by atoms with Crippen LogP contribution in [0.25, 0.3) is 0 Å². The second-order valence-electron chi connectivity index (χ2n) is 10.2. The number of ketones is 1. The average molecular weight is 589 g/mol. The van der Waals surface area contributed by atoms with Crippen LogP contribution >= 0.6 is 23.2 Å². The minimum absolute atomic E-state index is 0.00852. The van der Waals surface area contributed by atoms with E-state index in [9.17, 15) is 24.0 Å². The first-order valence-electron chi connectivity index (χ1n) is 13.0. The molecule has 1 saturated heterocycles. The van der Waals surface area contributed by atoms with E-state index in [1.54, 1.807) is 30.3 Å². The fraction of sp³-hybridized carbons (Fsp3) is 0.194. The molecule has 0 radical (unpaired) electrons. The molecule has 2 aliphatic carbocycles. The lowest BCUT2D eigenvalue weighted by Gasteiger charge is -2.31. The second-order valence-corrected chi connectivity index (χ2v) is 11.0. The maximum absolute atomic E-state index is 13.8. The van der Waals surface area contributed by atoms with Gasteiger partial charge >= 0.3 is 5.97 Å². The maximum Gasteiger partial charge on any atom is 0.343 e. The summed E-state index contributed by atoms with van der Waals surface area (Å²) in [6.45, 7) is -0.597. The minimum Gasteiger partial charge on any atom is -0.423 e. The Bertz CT molecular complexity index is 1590. The summed E-state index contributed by atoms with van der Waals surface area (Å²) in [4.78, 5) is 66.6. The highest BCUT2D eigenvalue weighted by Gasteiger charge is 2.61. The first kappa shape index (κ1) is 26.9. The van der Waals surface area contributed by atoms with Crippen LogP contribution in [-0.2, 0) is 9.59 Å². The molecule has 1 heterocycles. The predicted octanol–water partition coefficient (Wildman–Crippen LogP) is 5.26. The van der Waals surface area contributed by atoms with E-state index in [1.165, 1.54) is 42.5 Å². The summed E-state index contributed by atoms with van der Waals surface area (Å²) in [5.41, 5.74) is 0.548. The first-order valence-corrected chi connectivity index (χ1v) is 13.7. The van der Waals surface area contributed by atoms with Gasteiger partial charge in [-0.05, 0) is 72.9 Å². The zero-order valence-corrected chi connectivity index (χ0v) is 22.9. The number of ether oxygens (including phenoxy) is 1. The van der Waals surface area contributed by atoms with Crippen LogP contribution < -0.4 is 4.74 Å². The van der Waals surface area contributed by atoms with Crippen LogP contribution in [0.4, 0.5) is 0 Å². The topological polar surface area (TPSA) is 101 Å². The number of amides is 3. The first-order chi connectivity index (χ1) is 19.7. The van der Waals surface area contributed by atoms with Crippen molar-refractivity contribution in [3.8, 4) is 5.75 Å². The number of rotatable bonds is 7. The molecule has 3 aromatic carbocycles. The van der Waals surface area contributed by atoms with Crippen molar-refractivity contribution >= 4 is 52.7 Å². The van der Waals surface area contributed by atoms with E-state index in [-0.39, 0.29) is 33.7 Å². The van der Waals surface area contributed by atoms with Gasteiger partial charge in [0.1, 0.15) is 12.3 Å². The number of hydrogen-bond acceptors (Lipinski definition) is 6. The molecule has 206 valence electrons. The quantitative estimate of drug-likeness (QED) is 0.123.